The summed E-state index contributed by atoms with van der Waals surface area (Å²) in [7, 11) is 0. The summed E-state index contributed by atoms with van der Waals surface area (Å²) in [4.78, 5) is 24.2. The van der Waals surface area contributed by atoms with Crippen LogP contribution < -0.4 is 10.6 Å². The van der Waals surface area contributed by atoms with Crippen molar-refractivity contribution in [1.82, 2.24) is 10.6 Å². The van der Waals surface area contributed by atoms with E-state index in [1.807, 2.05) is 0 Å². The fourth-order valence-electron chi connectivity index (χ4n) is 6.63. The molecule has 30 heavy (non-hydrogen) atoms. The molecule has 4 rings (SSSR count). The highest BCUT2D eigenvalue weighted by Gasteiger charge is 2.68. The highest BCUT2D eigenvalue weighted by atomic mass is 19.1. The maximum absolute atomic E-state index is 13.8. The lowest BCUT2D eigenvalue weighted by atomic mass is 9.59. The van der Waals surface area contributed by atoms with Gasteiger partial charge >= 0.3 is 0 Å². The molecule has 2 aliphatic carbocycles. The molecule has 1 spiro atoms. The van der Waals surface area contributed by atoms with Crippen LogP contribution in [0.5, 0.6) is 0 Å². The van der Waals surface area contributed by atoms with Crippen LogP contribution in [-0.4, -0.2) is 37.1 Å². The van der Waals surface area contributed by atoms with E-state index in [1.165, 1.54) is 6.07 Å². The second kappa shape index (κ2) is 7.95. The van der Waals surface area contributed by atoms with Crippen molar-refractivity contribution in [2.75, 3.05) is 13.2 Å². The lowest BCUT2D eigenvalue weighted by Crippen LogP contribution is -2.60. The standard InChI is InChI=1S/C24H33FN2O3/c1-15(28)27-22-23(2,3)17-13-18-20(30-11-9-24(18,22)14-17)8-10-26-21(29)12-16-6-4-5-7-19(16)25/h4-7,17-18,20,22H,8-14H2,1-3H3,(H,26,29)(H,27,28)/t17-,18-,20-,22+,24?/m1/s1. The van der Waals surface area contributed by atoms with Crippen LogP contribution in [-0.2, 0) is 20.7 Å². The number of hydrogen-bond acceptors (Lipinski definition) is 3. The zero-order valence-corrected chi connectivity index (χ0v) is 18.2. The minimum Gasteiger partial charge on any atom is -0.378 e. The molecule has 3 fully saturated rings. The van der Waals surface area contributed by atoms with Crippen molar-refractivity contribution in [3.05, 3.63) is 35.6 Å². The Labute approximate surface area is 178 Å². The predicted molar refractivity (Wildman–Crippen MR) is 112 cm³/mol. The van der Waals surface area contributed by atoms with Gasteiger partial charge in [0.05, 0.1) is 12.5 Å². The highest BCUT2D eigenvalue weighted by molar-refractivity contribution is 5.78. The van der Waals surface area contributed by atoms with Crippen molar-refractivity contribution in [2.24, 2.45) is 22.7 Å². The summed E-state index contributed by atoms with van der Waals surface area (Å²) in [6.45, 7) is 7.40. The number of benzene rings is 1. The van der Waals surface area contributed by atoms with Gasteiger partial charge in [0.15, 0.2) is 0 Å². The van der Waals surface area contributed by atoms with Crippen LogP contribution in [0.3, 0.4) is 0 Å². The third kappa shape index (κ3) is 3.64. The van der Waals surface area contributed by atoms with Crippen molar-refractivity contribution >= 4 is 11.8 Å². The minimum atomic E-state index is -0.348. The van der Waals surface area contributed by atoms with Gasteiger partial charge in [-0.2, -0.15) is 0 Å². The molecule has 5 nitrogen and oxygen atoms in total. The van der Waals surface area contributed by atoms with E-state index >= 15 is 0 Å². The maximum atomic E-state index is 13.8. The normalized spacial score (nSPS) is 33.7. The summed E-state index contributed by atoms with van der Waals surface area (Å²) >= 11 is 0. The maximum Gasteiger partial charge on any atom is 0.224 e. The van der Waals surface area contributed by atoms with E-state index in [0.29, 0.717) is 30.6 Å². The second-order valence-electron chi connectivity index (χ2n) is 10.00. The molecule has 1 unspecified atom stereocenters. The number of carbonyl (C=O) groups is 2. The average molecular weight is 417 g/mol. The van der Waals surface area contributed by atoms with E-state index in [9.17, 15) is 14.0 Å². The van der Waals surface area contributed by atoms with E-state index in [2.05, 4.69) is 24.5 Å². The van der Waals surface area contributed by atoms with Crippen LogP contribution in [0.25, 0.3) is 0 Å². The van der Waals surface area contributed by atoms with Gasteiger partial charge in [-0.15, -0.1) is 0 Å². The van der Waals surface area contributed by atoms with Crippen LogP contribution in [0.4, 0.5) is 4.39 Å². The Bertz CT molecular complexity index is 826. The first-order valence-electron chi connectivity index (χ1n) is 11.1. The Morgan fingerprint density at radius 3 is 2.77 bits per heavy atom. The van der Waals surface area contributed by atoms with Crippen molar-refractivity contribution in [3.63, 3.8) is 0 Å². The van der Waals surface area contributed by atoms with E-state index in [1.54, 1.807) is 25.1 Å². The van der Waals surface area contributed by atoms with Gasteiger partial charge in [0.2, 0.25) is 11.8 Å². The van der Waals surface area contributed by atoms with Crippen LogP contribution in [0, 0.1) is 28.5 Å². The molecule has 1 aliphatic heterocycles. The van der Waals surface area contributed by atoms with Gasteiger partial charge in [-0.25, -0.2) is 4.39 Å². The number of fused-ring (bicyclic) bond motifs is 1. The van der Waals surface area contributed by atoms with Crippen molar-refractivity contribution in [2.45, 2.75) is 65.0 Å². The zero-order valence-electron chi connectivity index (χ0n) is 18.2. The summed E-state index contributed by atoms with van der Waals surface area (Å²) in [6, 6.07) is 6.55. The second-order valence-corrected chi connectivity index (χ2v) is 10.00. The molecule has 3 aliphatic rings. The average Bonchev–Trinajstić information content (AvgIpc) is 3.17. The molecule has 0 aromatic heterocycles. The summed E-state index contributed by atoms with van der Waals surface area (Å²) in [5.41, 5.74) is 0.606. The molecule has 2 bridgehead atoms. The number of amides is 2. The van der Waals surface area contributed by atoms with Gasteiger partial charge in [-0.05, 0) is 60.0 Å². The molecule has 5 atom stereocenters. The molecule has 1 aromatic carbocycles. The molecule has 1 aromatic rings. The predicted octanol–water partition coefficient (Wildman–Crippen LogP) is 3.22. The Kier molecular flexibility index (Phi) is 5.64. The fourth-order valence-corrected chi connectivity index (χ4v) is 6.63. The fraction of sp³-hybridized carbons (Fsp3) is 0.667. The van der Waals surface area contributed by atoms with Crippen molar-refractivity contribution in [3.8, 4) is 0 Å². The molecule has 164 valence electrons. The van der Waals surface area contributed by atoms with Gasteiger partial charge < -0.3 is 15.4 Å². The first kappa shape index (κ1) is 21.3. The molecular formula is C24H33FN2O3. The molecule has 6 heteroatoms. The zero-order chi connectivity index (χ0) is 21.5. The third-order valence-corrected chi connectivity index (χ3v) is 8.03. The van der Waals surface area contributed by atoms with Crippen molar-refractivity contribution < 1.29 is 18.7 Å². The molecule has 2 N–H and O–H groups in total. The summed E-state index contributed by atoms with van der Waals surface area (Å²) < 4.78 is 19.9. The topological polar surface area (TPSA) is 67.4 Å². The quantitative estimate of drug-likeness (QED) is 0.748. The number of carbonyl (C=O) groups excluding carboxylic acids is 2. The number of ether oxygens (including phenoxy) is 1. The van der Waals surface area contributed by atoms with E-state index in [0.717, 1.165) is 25.7 Å². The van der Waals surface area contributed by atoms with Crippen LogP contribution >= 0.6 is 0 Å². The van der Waals surface area contributed by atoms with Gasteiger partial charge in [0, 0.05) is 26.1 Å². The largest absolute Gasteiger partial charge is 0.378 e. The Balaban J connectivity index is 1.37. The first-order chi connectivity index (χ1) is 14.2. The minimum absolute atomic E-state index is 0.0391. The summed E-state index contributed by atoms with van der Waals surface area (Å²) in [5, 5.41) is 6.21. The van der Waals surface area contributed by atoms with Gasteiger partial charge in [-0.1, -0.05) is 32.0 Å². The van der Waals surface area contributed by atoms with Crippen molar-refractivity contribution in [1.29, 1.82) is 0 Å². The van der Waals surface area contributed by atoms with Gasteiger partial charge in [0.1, 0.15) is 5.82 Å². The SMILES string of the molecule is CC(=O)N[C@H]1C(C)(C)[C@@H]2C[C@@H]3[C@@H](CCNC(=O)Cc4ccccc4F)OCCC31C2. The van der Waals surface area contributed by atoms with Crippen LogP contribution in [0.1, 0.15) is 52.0 Å². The summed E-state index contributed by atoms with van der Waals surface area (Å²) in [5.74, 6) is 0.510. The monoisotopic (exact) mass is 416 g/mol. The molecule has 2 amide bonds. The molecule has 0 radical (unpaired) electrons. The third-order valence-electron chi connectivity index (χ3n) is 8.03. The molecule has 2 saturated carbocycles. The lowest BCUT2D eigenvalue weighted by Gasteiger charge is -2.53. The molecule has 1 heterocycles. The number of rotatable bonds is 6. The van der Waals surface area contributed by atoms with Crippen LogP contribution in [0.15, 0.2) is 24.3 Å². The number of hydrogen-bond donors (Lipinski definition) is 2. The summed E-state index contributed by atoms with van der Waals surface area (Å²) in [6.07, 6.45) is 4.14. The smallest absolute Gasteiger partial charge is 0.224 e. The van der Waals surface area contributed by atoms with E-state index < -0.39 is 0 Å². The van der Waals surface area contributed by atoms with E-state index in [-0.39, 0.29) is 47.0 Å². The van der Waals surface area contributed by atoms with Gasteiger partial charge in [0.25, 0.3) is 0 Å². The molecular weight excluding hydrogens is 383 g/mol. The molecule has 1 saturated heterocycles. The van der Waals surface area contributed by atoms with E-state index in [4.69, 9.17) is 4.74 Å². The first-order valence-corrected chi connectivity index (χ1v) is 11.1. The Morgan fingerprint density at radius 1 is 1.27 bits per heavy atom. The highest BCUT2D eigenvalue weighted by Crippen LogP contribution is 2.68. The Morgan fingerprint density at radius 2 is 2.03 bits per heavy atom. The lowest BCUT2D eigenvalue weighted by molar-refractivity contribution is -0.136. The number of nitrogens with one attached hydrogen (secondary N) is 2. The van der Waals surface area contributed by atoms with Gasteiger partial charge in [-0.3, -0.25) is 9.59 Å². The van der Waals surface area contributed by atoms with Crippen LogP contribution in [0.2, 0.25) is 0 Å². The Hall–Kier alpha value is -1.95. The number of halogens is 1.